The van der Waals surface area contributed by atoms with Gasteiger partial charge in [0.25, 0.3) is 0 Å². The van der Waals surface area contributed by atoms with Crippen molar-refractivity contribution >= 4 is 24.8 Å². The molecule has 56 valence electrons. The topological polar surface area (TPSA) is 63.3 Å². The number of rotatable bonds is 3. The van der Waals surface area contributed by atoms with Crippen molar-refractivity contribution in [2.45, 2.75) is 26.3 Å². The molecule has 0 rings (SSSR count). The summed E-state index contributed by atoms with van der Waals surface area (Å²) in [5, 5.41) is 8.31. The monoisotopic (exact) mass is 139 g/mol. The Balaban J connectivity index is 0. The van der Waals surface area contributed by atoms with Crippen molar-refractivity contribution < 1.29 is 9.90 Å². The molecule has 3 nitrogen and oxygen atoms in total. The molecule has 10 heavy (non-hydrogen) atoms. The van der Waals surface area contributed by atoms with Gasteiger partial charge in [-0.2, -0.15) is 0 Å². The summed E-state index contributed by atoms with van der Waals surface area (Å²) in [5.74, 6) is -0.556. The molecular formula is C6H14LiNO2. The fraction of sp³-hybridized carbons (Fsp3) is 0.833. The molecule has 0 radical (unpaired) electrons. The second kappa shape index (κ2) is 5.79. The van der Waals surface area contributed by atoms with Gasteiger partial charge in [0.15, 0.2) is 0 Å². The number of carbonyl (C=O) groups is 1. The molecule has 0 heterocycles. The molecule has 0 amide bonds. The number of nitrogens with two attached hydrogens (primary N) is 1. The van der Waals surface area contributed by atoms with E-state index in [-0.39, 0.29) is 18.9 Å². The Labute approximate surface area is 73.2 Å². The van der Waals surface area contributed by atoms with E-state index in [1.807, 2.05) is 13.8 Å². The molecule has 0 aliphatic heterocycles. The van der Waals surface area contributed by atoms with Gasteiger partial charge >= 0.3 is 24.8 Å². The van der Waals surface area contributed by atoms with E-state index in [4.69, 9.17) is 10.8 Å². The molecular weight excluding hydrogens is 125 g/mol. The van der Waals surface area contributed by atoms with Crippen molar-refractivity contribution in [3.8, 4) is 0 Å². The number of hydrogen-bond donors (Lipinski definition) is 2. The van der Waals surface area contributed by atoms with Crippen molar-refractivity contribution in [1.29, 1.82) is 0 Å². The minimum absolute atomic E-state index is 0. The van der Waals surface area contributed by atoms with Crippen LogP contribution in [0.5, 0.6) is 0 Å². The maximum atomic E-state index is 10.1. The van der Waals surface area contributed by atoms with Crippen LogP contribution in [-0.4, -0.2) is 36.0 Å². The zero-order chi connectivity index (χ0) is 7.44. The van der Waals surface area contributed by atoms with Crippen LogP contribution in [0.1, 0.15) is 20.3 Å². The Bertz CT molecular complexity index is 106. The molecule has 4 heteroatoms. The number of carboxylic acids is 1. The fourth-order valence-electron chi connectivity index (χ4n) is 0.609. The molecule has 0 aromatic heterocycles. The molecule has 3 N–H and O–H groups in total. The van der Waals surface area contributed by atoms with Crippen LogP contribution in [-0.2, 0) is 4.79 Å². The molecule has 0 unspecified atom stereocenters. The molecule has 1 atom stereocenters. The van der Waals surface area contributed by atoms with E-state index in [0.717, 1.165) is 0 Å². The predicted molar refractivity (Wildman–Crippen MR) is 42.2 cm³/mol. The van der Waals surface area contributed by atoms with Gasteiger partial charge in [-0.3, -0.25) is 4.79 Å². The third kappa shape index (κ3) is 6.15. The van der Waals surface area contributed by atoms with Gasteiger partial charge in [0.2, 0.25) is 0 Å². The van der Waals surface area contributed by atoms with Gasteiger partial charge in [-0.25, -0.2) is 0 Å². The second-order valence-electron chi connectivity index (χ2n) is 2.57. The Kier molecular flexibility index (Phi) is 7.34. The molecule has 0 bridgehead atoms. The van der Waals surface area contributed by atoms with E-state index in [9.17, 15) is 4.79 Å². The van der Waals surface area contributed by atoms with Crippen molar-refractivity contribution in [2.24, 2.45) is 11.7 Å². The average molecular weight is 139 g/mol. The van der Waals surface area contributed by atoms with Gasteiger partial charge < -0.3 is 10.8 Å². The van der Waals surface area contributed by atoms with Crippen LogP contribution in [0, 0.1) is 5.92 Å². The normalized spacial score (nSPS) is 12.4. The van der Waals surface area contributed by atoms with Crippen LogP contribution in [0.15, 0.2) is 0 Å². The van der Waals surface area contributed by atoms with E-state index in [2.05, 4.69) is 0 Å². The van der Waals surface area contributed by atoms with E-state index in [1.165, 1.54) is 0 Å². The predicted octanol–water partition coefficient (Wildman–Crippen LogP) is -0.204. The third-order valence-electron chi connectivity index (χ3n) is 1.04. The first-order valence-electron chi connectivity index (χ1n) is 3.02. The Morgan fingerprint density at radius 1 is 1.60 bits per heavy atom. The fourth-order valence-corrected chi connectivity index (χ4v) is 0.609. The Morgan fingerprint density at radius 2 is 2.00 bits per heavy atom. The van der Waals surface area contributed by atoms with Gasteiger partial charge in [-0.15, -0.1) is 0 Å². The first-order chi connectivity index (χ1) is 4.04. The second-order valence-corrected chi connectivity index (χ2v) is 2.57. The van der Waals surface area contributed by atoms with Gasteiger partial charge in [0.1, 0.15) is 6.04 Å². The summed E-state index contributed by atoms with van der Waals surface area (Å²) in [6.45, 7) is 3.89. The quantitative estimate of drug-likeness (QED) is 0.532. The number of aliphatic carboxylic acids is 1. The number of hydrogen-bond acceptors (Lipinski definition) is 2. The zero-order valence-electron chi connectivity index (χ0n) is 5.79. The van der Waals surface area contributed by atoms with Gasteiger partial charge in [0, 0.05) is 0 Å². The van der Waals surface area contributed by atoms with Crippen LogP contribution in [0.2, 0.25) is 0 Å². The molecule has 0 spiro atoms. The van der Waals surface area contributed by atoms with Crippen LogP contribution in [0.4, 0.5) is 0 Å². The third-order valence-corrected chi connectivity index (χ3v) is 1.04. The van der Waals surface area contributed by atoms with Crippen LogP contribution >= 0.6 is 0 Å². The molecule has 0 saturated carbocycles. The first kappa shape index (κ1) is 12.7. The number of carboxylic acid groups (broad SMARTS) is 1. The summed E-state index contributed by atoms with van der Waals surface area (Å²) in [5.41, 5.74) is 5.22. The van der Waals surface area contributed by atoms with Gasteiger partial charge in [0.05, 0.1) is 0 Å². The Morgan fingerprint density at radius 3 is 2.10 bits per heavy atom. The SMILES string of the molecule is CC(C)C[C@H](N)C(=O)O.[LiH]. The maximum absolute atomic E-state index is 10.1. The molecule has 0 saturated heterocycles. The van der Waals surface area contributed by atoms with Crippen LogP contribution in [0.25, 0.3) is 0 Å². The van der Waals surface area contributed by atoms with E-state index >= 15 is 0 Å². The van der Waals surface area contributed by atoms with Crippen molar-refractivity contribution in [3.63, 3.8) is 0 Å². The standard InChI is InChI=1S/C6H13NO2.Li.H/c1-4(2)3-5(7)6(8)9;;/h4-5H,3,7H2,1-2H3,(H,8,9);;/t5-;;/m0../s1. The molecule has 0 aliphatic rings. The van der Waals surface area contributed by atoms with Gasteiger partial charge in [-0.1, -0.05) is 13.8 Å². The first-order valence-corrected chi connectivity index (χ1v) is 3.02. The van der Waals surface area contributed by atoms with Crippen LogP contribution in [0.3, 0.4) is 0 Å². The van der Waals surface area contributed by atoms with Crippen molar-refractivity contribution in [2.75, 3.05) is 0 Å². The van der Waals surface area contributed by atoms with E-state index in [0.29, 0.717) is 12.3 Å². The molecule has 0 aromatic rings. The van der Waals surface area contributed by atoms with Crippen molar-refractivity contribution in [1.82, 2.24) is 0 Å². The summed E-state index contributed by atoms with van der Waals surface area (Å²) in [6, 6.07) is -0.690. The zero-order valence-corrected chi connectivity index (χ0v) is 5.79. The Hall–Kier alpha value is 0.0274. The summed E-state index contributed by atoms with van der Waals surface area (Å²) >= 11 is 0. The molecule has 0 aliphatic carbocycles. The van der Waals surface area contributed by atoms with E-state index in [1.54, 1.807) is 0 Å². The summed E-state index contributed by atoms with van der Waals surface area (Å²) in [6.07, 6.45) is 0.551. The summed E-state index contributed by atoms with van der Waals surface area (Å²) in [7, 11) is 0. The summed E-state index contributed by atoms with van der Waals surface area (Å²) < 4.78 is 0. The summed E-state index contributed by atoms with van der Waals surface area (Å²) in [4.78, 5) is 10.1. The minimum atomic E-state index is -0.913. The average Bonchev–Trinajstić information content (AvgIpc) is 1.63. The van der Waals surface area contributed by atoms with Crippen molar-refractivity contribution in [3.05, 3.63) is 0 Å². The van der Waals surface area contributed by atoms with E-state index < -0.39 is 12.0 Å². The molecule has 0 fully saturated rings. The van der Waals surface area contributed by atoms with Crippen LogP contribution < -0.4 is 5.73 Å². The van der Waals surface area contributed by atoms with Gasteiger partial charge in [-0.05, 0) is 12.3 Å². The molecule has 0 aromatic carbocycles.